The van der Waals surface area contributed by atoms with Gasteiger partial charge < -0.3 is 31.5 Å². The molecule has 0 unspecified atom stereocenters. The fourth-order valence-electron chi connectivity index (χ4n) is 4.17. The zero-order valence-corrected chi connectivity index (χ0v) is 22.7. The number of aromatic nitrogens is 1. The molecule has 2 aromatic carbocycles. The van der Waals surface area contributed by atoms with Crippen molar-refractivity contribution in [2.24, 2.45) is 0 Å². The van der Waals surface area contributed by atoms with Gasteiger partial charge in [-0.25, -0.2) is 0 Å². The van der Waals surface area contributed by atoms with Crippen LogP contribution in [0.1, 0.15) is 41.5 Å². The van der Waals surface area contributed by atoms with E-state index in [-0.39, 0.29) is 0 Å². The van der Waals surface area contributed by atoms with Gasteiger partial charge in [0.05, 0.1) is 0 Å². The number of nitrogens with one attached hydrogen (secondary N) is 1. The molecule has 0 bridgehead atoms. The zero-order valence-electron chi connectivity index (χ0n) is 20.7. The lowest BCUT2D eigenvalue weighted by Gasteiger charge is -2.29. The number of aromatic amines is 1. The summed E-state index contributed by atoms with van der Waals surface area (Å²) in [5.41, 5.74) is 2.07. The Balaban J connectivity index is 2.20. The maximum atomic E-state index is 6.14. The molecule has 7 nitrogen and oxygen atoms in total. The summed E-state index contributed by atoms with van der Waals surface area (Å²) in [6.07, 6.45) is 0. The molecule has 1 N–H and O–H groups in total. The Morgan fingerprint density at radius 3 is 1.09 bits per heavy atom. The van der Waals surface area contributed by atoms with Crippen LogP contribution < -0.4 is 10.4 Å². The third-order valence-corrected chi connectivity index (χ3v) is 11.4. The van der Waals surface area contributed by atoms with Crippen LogP contribution in [0.5, 0.6) is 0 Å². The summed E-state index contributed by atoms with van der Waals surface area (Å²) in [5.74, 6) is 0. The number of fused-ring (bicyclic) bond motifs is 3. The minimum Gasteiger partial charge on any atom is -0.370 e. The van der Waals surface area contributed by atoms with Gasteiger partial charge in [0.25, 0.3) is 0 Å². The maximum Gasteiger partial charge on any atom is 0.537 e. The smallest absolute Gasteiger partial charge is 0.370 e. The number of benzene rings is 2. The van der Waals surface area contributed by atoms with Crippen LogP contribution >= 0.6 is 0 Å². The van der Waals surface area contributed by atoms with E-state index in [0.717, 1.165) is 32.2 Å². The summed E-state index contributed by atoms with van der Waals surface area (Å²) in [6, 6.07) is 12.5. The minimum atomic E-state index is -3.02. The highest BCUT2D eigenvalue weighted by Gasteiger charge is 2.44. The van der Waals surface area contributed by atoms with Crippen LogP contribution in [0.4, 0.5) is 0 Å². The molecule has 3 aromatic rings. The molecule has 33 heavy (non-hydrogen) atoms. The maximum absolute atomic E-state index is 6.14. The first kappa shape index (κ1) is 26.0. The Kier molecular flexibility index (Phi) is 9.25. The van der Waals surface area contributed by atoms with Crippen molar-refractivity contribution in [2.45, 2.75) is 41.5 Å². The standard InChI is InChI=1S/C24H37NO6Si2/c1-7-26-32(27-8-2,28-9-3)19-13-15-23-21(17-19)22-18-20(14-16-24(22)25-23)33(29-10-4,30-11-5)31-12-6/h13-18,25H,7-12H2,1-6H3. The summed E-state index contributed by atoms with van der Waals surface area (Å²) < 4.78 is 36.8. The third kappa shape index (κ3) is 5.25. The van der Waals surface area contributed by atoms with Crippen LogP contribution in [0, 0.1) is 0 Å². The molecule has 182 valence electrons. The summed E-state index contributed by atoms with van der Waals surface area (Å²) in [6.45, 7) is 14.9. The Bertz CT molecular complexity index is 926. The van der Waals surface area contributed by atoms with Gasteiger partial charge >= 0.3 is 17.6 Å². The van der Waals surface area contributed by atoms with E-state index in [1.807, 2.05) is 53.7 Å². The second kappa shape index (κ2) is 11.7. The fourth-order valence-corrected chi connectivity index (χ4v) is 9.17. The average Bonchev–Trinajstić information content (AvgIpc) is 3.17. The second-order valence-corrected chi connectivity index (χ2v) is 12.5. The minimum absolute atomic E-state index is 0.521. The Morgan fingerprint density at radius 2 is 0.818 bits per heavy atom. The van der Waals surface area contributed by atoms with Gasteiger partial charge in [0, 0.05) is 71.8 Å². The number of rotatable bonds is 14. The first-order chi connectivity index (χ1) is 16.0. The normalized spacial score (nSPS) is 12.8. The third-order valence-electron chi connectivity index (χ3n) is 5.31. The zero-order chi connectivity index (χ0) is 23.9. The number of hydrogen-bond acceptors (Lipinski definition) is 6. The lowest BCUT2D eigenvalue weighted by Crippen LogP contribution is -2.57. The molecule has 0 spiro atoms. The van der Waals surface area contributed by atoms with E-state index in [9.17, 15) is 0 Å². The summed E-state index contributed by atoms with van der Waals surface area (Å²) in [7, 11) is -6.03. The van der Waals surface area contributed by atoms with Crippen LogP contribution in [0.15, 0.2) is 36.4 Å². The highest BCUT2D eigenvalue weighted by molar-refractivity contribution is 6.76. The van der Waals surface area contributed by atoms with Gasteiger partial charge in [0.1, 0.15) is 0 Å². The molecule has 9 heteroatoms. The van der Waals surface area contributed by atoms with Crippen molar-refractivity contribution < 1.29 is 26.6 Å². The van der Waals surface area contributed by atoms with E-state index in [0.29, 0.717) is 39.6 Å². The van der Waals surface area contributed by atoms with Gasteiger partial charge in [-0.1, -0.05) is 12.1 Å². The van der Waals surface area contributed by atoms with Gasteiger partial charge in [-0.15, -0.1) is 0 Å². The van der Waals surface area contributed by atoms with Gasteiger partial charge in [-0.3, -0.25) is 0 Å². The van der Waals surface area contributed by atoms with Crippen molar-refractivity contribution in [1.29, 1.82) is 0 Å². The second-order valence-electron chi connectivity index (χ2n) is 7.36. The lowest BCUT2D eigenvalue weighted by molar-refractivity contribution is 0.0851. The molecule has 0 atom stereocenters. The monoisotopic (exact) mass is 491 g/mol. The van der Waals surface area contributed by atoms with E-state index in [2.05, 4.69) is 29.2 Å². The first-order valence-corrected chi connectivity index (χ1v) is 15.4. The highest BCUT2D eigenvalue weighted by atomic mass is 28.4. The predicted octanol–water partition coefficient (Wildman–Crippen LogP) is 3.83. The summed E-state index contributed by atoms with van der Waals surface area (Å²) >= 11 is 0. The molecular formula is C24H37NO6Si2. The molecule has 0 fully saturated rings. The molecule has 0 aliphatic rings. The number of H-pyrrole nitrogens is 1. The molecule has 0 aliphatic heterocycles. The van der Waals surface area contributed by atoms with Gasteiger partial charge in [-0.05, 0) is 65.8 Å². The van der Waals surface area contributed by atoms with Crippen molar-refractivity contribution in [3.63, 3.8) is 0 Å². The molecule has 0 radical (unpaired) electrons. The van der Waals surface area contributed by atoms with Crippen molar-refractivity contribution in [2.75, 3.05) is 39.6 Å². The Hall–Kier alpha value is -1.57. The van der Waals surface area contributed by atoms with Crippen LogP contribution in [-0.4, -0.2) is 62.2 Å². The van der Waals surface area contributed by atoms with Crippen molar-refractivity contribution in [1.82, 2.24) is 4.98 Å². The molecule has 0 saturated heterocycles. The van der Waals surface area contributed by atoms with E-state index < -0.39 is 17.6 Å². The van der Waals surface area contributed by atoms with Gasteiger partial charge in [0.2, 0.25) is 0 Å². The topological polar surface area (TPSA) is 71.2 Å². The predicted molar refractivity (Wildman–Crippen MR) is 136 cm³/mol. The molecule has 0 aliphatic carbocycles. The molecule has 3 rings (SSSR count). The molecule has 0 amide bonds. The molecular weight excluding hydrogens is 454 g/mol. The summed E-state index contributed by atoms with van der Waals surface area (Å²) in [4.78, 5) is 3.51. The SMILES string of the molecule is CCO[Si](OCC)(OCC)c1ccc2[nH]c3ccc([Si](OCC)(OCC)OCC)cc3c2c1. The highest BCUT2D eigenvalue weighted by Crippen LogP contribution is 2.26. The van der Waals surface area contributed by atoms with Crippen molar-refractivity contribution in [3.8, 4) is 0 Å². The molecule has 1 heterocycles. The van der Waals surface area contributed by atoms with Crippen LogP contribution in [0.2, 0.25) is 0 Å². The first-order valence-electron chi connectivity index (χ1n) is 11.9. The average molecular weight is 492 g/mol. The van der Waals surface area contributed by atoms with E-state index >= 15 is 0 Å². The quantitative estimate of drug-likeness (QED) is 0.346. The number of hydrogen-bond donors (Lipinski definition) is 1. The van der Waals surface area contributed by atoms with Crippen LogP contribution in [-0.2, 0) is 26.6 Å². The molecule has 0 saturated carbocycles. The van der Waals surface area contributed by atoms with Crippen LogP contribution in [0.3, 0.4) is 0 Å². The Labute approximate surface area is 199 Å². The fraction of sp³-hybridized carbons (Fsp3) is 0.500. The van der Waals surface area contributed by atoms with E-state index in [1.165, 1.54) is 0 Å². The van der Waals surface area contributed by atoms with Gasteiger partial charge in [0.15, 0.2) is 0 Å². The largest absolute Gasteiger partial charge is 0.537 e. The van der Waals surface area contributed by atoms with E-state index in [4.69, 9.17) is 26.6 Å². The molecule has 1 aromatic heterocycles. The lowest BCUT2D eigenvalue weighted by atomic mass is 10.1. The van der Waals surface area contributed by atoms with Crippen molar-refractivity contribution in [3.05, 3.63) is 36.4 Å². The Morgan fingerprint density at radius 1 is 0.515 bits per heavy atom. The van der Waals surface area contributed by atoms with Gasteiger partial charge in [-0.2, -0.15) is 0 Å². The van der Waals surface area contributed by atoms with E-state index in [1.54, 1.807) is 0 Å². The summed E-state index contributed by atoms with van der Waals surface area (Å²) in [5, 5.41) is 4.06. The van der Waals surface area contributed by atoms with Crippen molar-refractivity contribution >= 4 is 49.8 Å². The van der Waals surface area contributed by atoms with Crippen LogP contribution in [0.25, 0.3) is 21.8 Å².